The molecule has 2 atom stereocenters. The summed E-state index contributed by atoms with van der Waals surface area (Å²) >= 11 is 0. The van der Waals surface area contributed by atoms with E-state index in [9.17, 15) is 5.11 Å². The number of nitrogens with zero attached hydrogens (tertiary/aromatic N) is 1. The second-order valence-corrected chi connectivity index (χ2v) is 5.78. The van der Waals surface area contributed by atoms with Gasteiger partial charge in [-0.25, -0.2) is 0 Å². The number of aliphatic hydroxyl groups excluding tert-OH is 1. The molecule has 0 spiro atoms. The second kappa shape index (κ2) is 6.56. The van der Waals surface area contributed by atoms with E-state index >= 15 is 0 Å². The lowest BCUT2D eigenvalue weighted by Crippen LogP contribution is -2.43. The molecule has 1 fully saturated rings. The van der Waals surface area contributed by atoms with Gasteiger partial charge in [-0.2, -0.15) is 0 Å². The number of fused-ring (bicyclic) bond motifs is 1. The van der Waals surface area contributed by atoms with Gasteiger partial charge in [0.15, 0.2) is 0 Å². The average molecular weight is 285 g/mol. The Morgan fingerprint density at radius 3 is 2.86 bits per heavy atom. The number of benzene rings is 2. The summed E-state index contributed by atoms with van der Waals surface area (Å²) in [5.41, 5.74) is 0.994. The molecule has 0 aromatic heterocycles. The van der Waals surface area contributed by atoms with Crippen LogP contribution in [0.1, 0.15) is 25.0 Å². The quantitative estimate of drug-likeness (QED) is 0.937. The summed E-state index contributed by atoms with van der Waals surface area (Å²) in [7, 11) is 0. The average Bonchev–Trinajstić information content (AvgIpc) is 2.54. The van der Waals surface area contributed by atoms with Crippen LogP contribution in [0.15, 0.2) is 42.5 Å². The number of ether oxygens (including phenoxy) is 1. The van der Waals surface area contributed by atoms with Crippen LogP contribution in [-0.2, 0) is 4.74 Å². The van der Waals surface area contributed by atoms with Crippen LogP contribution in [-0.4, -0.2) is 42.4 Å². The topological polar surface area (TPSA) is 32.7 Å². The van der Waals surface area contributed by atoms with E-state index in [4.69, 9.17) is 4.74 Å². The maximum absolute atomic E-state index is 10.5. The molecule has 0 radical (unpaired) electrons. The van der Waals surface area contributed by atoms with Crippen LogP contribution < -0.4 is 0 Å². The zero-order valence-electron chi connectivity index (χ0n) is 12.5. The number of hydrogen-bond acceptors (Lipinski definition) is 3. The highest BCUT2D eigenvalue weighted by Gasteiger charge is 2.21. The van der Waals surface area contributed by atoms with Gasteiger partial charge in [-0.05, 0) is 28.8 Å². The summed E-state index contributed by atoms with van der Waals surface area (Å²) in [5.74, 6) is 0. The Balaban J connectivity index is 1.70. The molecule has 3 nitrogen and oxygen atoms in total. The van der Waals surface area contributed by atoms with E-state index in [0.717, 1.165) is 31.7 Å². The molecule has 2 aromatic rings. The van der Waals surface area contributed by atoms with Crippen molar-refractivity contribution in [2.75, 3.05) is 26.2 Å². The summed E-state index contributed by atoms with van der Waals surface area (Å²) < 4.78 is 5.68. The summed E-state index contributed by atoms with van der Waals surface area (Å²) in [6, 6.07) is 14.5. The van der Waals surface area contributed by atoms with E-state index in [1.807, 2.05) is 18.2 Å². The third kappa shape index (κ3) is 3.43. The van der Waals surface area contributed by atoms with Crippen molar-refractivity contribution in [2.24, 2.45) is 0 Å². The lowest BCUT2D eigenvalue weighted by Gasteiger charge is -2.33. The van der Waals surface area contributed by atoms with Crippen molar-refractivity contribution in [2.45, 2.75) is 25.6 Å². The van der Waals surface area contributed by atoms with Gasteiger partial charge in [-0.1, -0.05) is 43.3 Å². The summed E-state index contributed by atoms with van der Waals surface area (Å²) in [5, 5.41) is 12.9. The van der Waals surface area contributed by atoms with Crippen molar-refractivity contribution in [1.29, 1.82) is 0 Å². The van der Waals surface area contributed by atoms with Gasteiger partial charge in [-0.15, -0.1) is 0 Å². The minimum Gasteiger partial charge on any atom is -0.387 e. The molecule has 1 N–H and O–H groups in total. The highest BCUT2D eigenvalue weighted by Crippen LogP contribution is 2.22. The highest BCUT2D eigenvalue weighted by atomic mass is 16.5. The van der Waals surface area contributed by atoms with Crippen LogP contribution in [0.4, 0.5) is 0 Å². The zero-order valence-corrected chi connectivity index (χ0v) is 12.5. The van der Waals surface area contributed by atoms with Crippen LogP contribution in [0, 0.1) is 0 Å². The molecule has 21 heavy (non-hydrogen) atoms. The van der Waals surface area contributed by atoms with Crippen molar-refractivity contribution in [1.82, 2.24) is 4.90 Å². The number of β-amino-alcohol motifs (C(OH)–C–C–N with tert-alkyl or cyclic N) is 1. The van der Waals surface area contributed by atoms with E-state index in [2.05, 4.69) is 36.1 Å². The fourth-order valence-electron chi connectivity index (χ4n) is 2.96. The first kappa shape index (κ1) is 14.5. The van der Waals surface area contributed by atoms with Crippen molar-refractivity contribution >= 4 is 10.8 Å². The van der Waals surface area contributed by atoms with Crippen molar-refractivity contribution in [3.8, 4) is 0 Å². The molecule has 3 rings (SSSR count). The Kier molecular flexibility index (Phi) is 4.54. The summed E-state index contributed by atoms with van der Waals surface area (Å²) in [6.45, 7) is 5.41. The van der Waals surface area contributed by atoms with Gasteiger partial charge in [0.2, 0.25) is 0 Å². The normalized spacial score (nSPS) is 21.5. The Bertz CT molecular complexity index is 599. The van der Waals surface area contributed by atoms with Gasteiger partial charge in [0.25, 0.3) is 0 Å². The standard InChI is InChI=1S/C18H23NO2/c1-2-17-12-19(9-10-21-17)13-18(20)16-8-7-14-5-3-4-6-15(14)11-16/h3-8,11,17-18,20H,2,9-10,12-13H2,1H3. The molecule has 2 aromatic carbocycles. The van der Waals surface area contributed by atoms with E-state index in [-0.39, 0.29) is 0 Å². The van der Waals surface area contributed by atoms with E-state index in [0.29, 0.717) is 12.6 Å². The molecule has 0 saturated carbocycles. The Labute approximate surface area is 126 Å². The number of rotatable bonds is 4. The minimum atomic E-state index is -0.440. The third-order valence-electron chi connectivity index (χ3n) is 4.27. The van der Waals surface area contributed by atoms with Gasteiger partial charge in [0.1, 0.15) is 0 Å². The first-order valence-corrected chi connectivity index (χ1v) is 7.77. The maximum Gasteiger partial charge on any atom is 0.0917 e. The molecule has 3 heteroatoms. The number of morpholine rings is 1. The molecule has 1 saturated heterocycles. The molecule has 1 aliphatic rings. The molecule has 1 aliphatic heterocycles. The highest BCUT2D eigenvalue weighted by molar-refractivity contribution is 5.83. The van der Waals surface area contributed by atoms with Gasteiger partial charge in [0.05, 0.1) is 18.8 Å². The van der Waals surface area contributed by atoms with Crippen molar-refractivity contribution < 1.29 is 9.84 Å². The molecular formula is C18H23NO2. The number of aliphatic hydroxyl groups is 1. The zero-order chi connectivity index (χ0) is 14.7. The second-order valence-electron chi connectivity index (χ2n) is 5.78. The first-order chi connectivity index (χ1) is 10.3. The van der Waals surface area contributed by atoms with Crippen molar-refractivity contribution in [3.63, 3.8) is 0 Å². The monoisotopic (exact) mass is 285 g/mol. The predicted octanol–water partition coefficient (Wildman–Crippen LogP) is 2.98. The SMILES string of the molecule is CCC1CN(CC(O)c2ccc3ccccc3c2)CCO1. The summed E-state index contributed by atoms with van der Waals surface area (Å²) in [4.78, 5) is 2.30. The molecule has 0 aliphatic carbocycles. The predicted molar refractivity (Wildman–Crippen MR) is 85.4 cm³/mol. The molecular weight excluding hydrogens is 262 g/mol. The Morgan fingerprint density at radius 2 is 2.05 bits per heavy atom. The van der Waals surface area contributed by atoms with E-state index in [1.54, 1.807) is 0 Å². The third-order valence-corrected chi connectivity index (χ3v) is 4.27. The number of hydrogen-bond donors (Lipinski definition) is 1. The van der Waals surface area contributed by atoms with Gasteiger partial charge >= 0.3 is 0 Å². The van der Waals surface area contributed by atoms with Crippen LogP contribution in [0.3, 0.4) is 0 Å². The molecule has 0 amide bonds. The van der Waals surface area contributed by atoms with E-state index < -0.39 is 6.10 Å². The molecule has 1 heterocycles. The fourth-order valence-corrected chi connectivity index (χ4v) is 2.96. The van der Waals surface area contributed by atoms with E-state index in [1.165, 1.54) is 10.8 Å². The van der Waals surface area contributed by atoms with Gasteiger partial charge < -0.3 is 9.84 Å². The van der Waals surface area contributed by atoms with Gasteiger partial charge in [0, 0.05) is 19.6 Å². The van der Waals surface area contributed by atoms with Crippen LogP contribution >= 0.6 is 0 Å². The molecule has 0 bridgehead atoms. The van der Waals surface area contributed by atoms with Crippen LogP contribution in [0.25, 0.3) is 10.8 Å². The lowest BCUT2D eigenvalue weighted by atomic mass is 10.0. The fraction of sp³-hybridized carbons (Fsp3) is 0.444. The van der Waals surface area contributed by atoms with Crippen LogP contribution in [0.2, 0.25) is 0 Å². The molecule has 2 unspecified atom stereocenters. The van der Waals surface area contributed by atoms with Crippen molar-refractivity contribution in [3.05, 3.63) is 48.0 Å². The Hall–Kier alpha value is -1.42. The largest absolute Gasteiger partial charge is 0.387 e. The molecule has 112 valence electrons. The summed E-state index contributed by atoms with van der Waals surface area (Å²) in [6.07, 6.45) is 0.899. The first-order valence-electron chi connectivity index (χ1n) is 7.77. The van der Waals surface area contributed by atoms with Gasteiger partial charge in [-0.3, -0.25) is 4.90 Å². The van der Waals surface area contributed by atoms with Crippen LogP contribution in [0.5, 0.6) is 0 Å². The lowest BCUT2D eigenvalue weighted by molar-refractivity contribution is -0.0418. The maximum atomic E-state index is 10.5. The Morgan fingerprint density at radius 1 is 1.24 bits per heavy atom. The minimum absolute atomic E-state index is 0.308. The smallest absolute Gasteiger partial charge is 0.0917 e.